The molecule has 2 aromatic rings. The highest BCUT2D eigenvalue weighted by molar-refractivity contribution is 7.92. The number of nitro groups is 1. The fourth-order valence-electron chi connectivity index (χ4n) is 2.93. The van der Waals surface area contributed by atoms with E-state index in [0.717, 1.165) is 10.6 Å². The number of hydrogen-bond acceptors (Lipinski definition) is 5. The second-order valence-corrected chi connectivity index (χ2v) is 8.79. The molecule has 0 saturated carbocycles. The van der Waals surface area contributed by atoms with Gasteiger partial charge in [0.25, 0.3) is 5.69 Å². The Balaban J connectivity index is 2.40. The summed E-state index contributed by atoms with van der Waals surface area (Å²) in [5, 5.41) is 14.3. The number of sulfonamides is 1. The predicted molar refractivity (Wildman–Crippen MR) is 113 cm³/mol. The van der Waals surface area contributed by atoms with Crippen molar-refractivity contribution in [2.24, 2.45) is 0 Å². The van der Waals surface area contributed by atoms with E-state index < -0.39 is 26.9 Å². The minimum Gasteiger partial charge on any atom is -0.350 e. The van der Waals surface area contributed by atoms with E-state index in [0.29, 0.717) is 16.1 Å². The average Bonchev–Trinajstić information content (AvgIpc) is 2.64. The van der Waals surface area contributed by atoms with Gasteiger partial charge >= 0.3 is 0 Å². The van der Waals surface area contributed by atoms with Crippen LogP contribution in [-0.2, 0) is 21.4 Å². The molecule has 0 unspecified atom stereocenters. The molecule has 2 aromatic carbocycles. The van der Waals surface area contributed by atoms with E-state index in [9.17, 15) is 23.3 Å². The number of carbonyl (C=O) groups is 1. The fourth-order valence-corrected chi connectivity index (χ4v) is 4.39. The molecule has 156 valence electrons. The molecule has 1 amide bonds. The molecule has 2 rings (SSSR count). The highest BCUT2D eigenvalue weighted by Gasteiger charge is 2.33. The molecule has 0 aliphatic heterocycles. The third-order valence-electron chi connectivity index (χ3n) is 4.38. The fraction of sp³-hybridized carbons (Fsp3) is 0.316. The SMILES string of the molecule is CC[C@H](C(=O)NCc1ccccc1Cl)N(c1cc([N+](=O)[O-])ccc1C)S(C)(=O)=O. The highest BCUT2D eigenvalue weighted by atomic mass is 35.5. The molecule has 10 heteroatoms. The summed E-state index contributed by atoms with van der Waals surface area (Å²) in [6.07, 6.45) is 1.14. The normalized spacial score (nSPS) is 12.3. The van der Waals surface area contributed by atoms with Gasteiger partial charge < -0.3 is 5.32 Å². The first kappa shape index (κ1) is 22.6. The van der Waals surface area contributed by atoms with Crippen molar-refractivity contribution in [3.8, 4) is 0 Å². The van der Waals surface area contributed by atoms with Crippen molar-refractivity contribution < 1.29 is 18.1 Å². The summed E-state index contributed by atoms with van der Waals surface area (Å²) in [7, 11) is -3.91. The highest BCUT2D eigenvalue weighted by Crippen LogP contribution is 2.30. The molecular formula is C19H22ClN3O5S. The third-order valence-corrected chi connectivity index (χ3v) is 5.92. The maximum Gasteiger partial charge on any atom is 0.271 e. The number of amides is 1. The van der Waals surface area contributed by atoms with Gasteiger partial charge in [-0.2, -0.15) is 0 Å². The van der Waals surface area contributed by atoms with Crippen LogP contribution in [0, 0.1) is 17.0 Å². The molecule has 0 fully saturated rings. The molecule has 0 aliphatic carbocycles. The van der Waals surface area contributed by atoms with E-state index in [-0.39, 0.29) is 24.3 Å². The molecule has 0 spiro atoms. The monoisotopic (exact) mass is 439 g/mol. The van der Waals surface area contributed by atoms with Crippen LogP contribution in [0.1, 0.15) is 24.5 Å². The van der Waals surface area contributed by atoms with E-state index in [1.807, 2.05) is 0 Å². The second-order valence-electron chi connectivity index (χ2n) is 6.52. The first-order valence-electron chi connectivity index (χ1n) is 8.81. The lowest BCUT2D eigenvalue weighted by molar-refractivity contribution is -0.384. The molecule has 0 aromatic heterocycles. The third kappa shape index (κ3) is 5.45. The molecule has 29 heavy (non-hydrogen) atoms. The standard InChI is InChI=1S/C19H22ClN3O5S/c1-4-17(19(24)21-12-14-7-5-6-8-16(14)20)22(29(3,27)28)18-11-15(23(25)26)10-9-13(18)2/h5-11,17H,4,12H2,1-3H3,(H,21,24)/t17-/m1/s1. The van der Waals surface area contributed by atoms with Crippen molar-refractivity contribution in [2.45, 2.75) is 32.9 Å². The lowest BCUT2D eigenvalue weighted by atomic mass is 10.1. The number of benzene rings is 2. The van der Waals surface area contributed by atoms with Crippen LogP contribution in [-0.4, -0.2) is 31.5 Å². The average molecular weight is 440 g/mol. The van der Waals surface area contributed by atoms with Gasteiger partial charge in [-0.3, -0.25) is 19.2 Å². The topological polar surface area (TPSA) is 110 Å². The Morgan fingerprint density at radius 3 is 2.48 bits per heavy atom. The number of carbonyl (C=O) groups excluding carboxylic acids is 1. The van der Waals surface area contributed by atoms with Gasteiger partial charge in [0.2, 0.25) is 15.9 Å². The number of rotatable bonds is 8. The van der Waals surface area contributed by atoms with Crippen molar-refractivity contribution >= 4 is 38.9 Å². The van der Waals surface area contributed by atoms with Crippen LogP contribution in [0.15, 0.2) is 42.5 Å². The van der Waals surface area contributed by atoms with E-state index >= 15 is 0 Å². The van der Waals surface area contributed by atoms with Crippen LogP contribution >= 0.6 is 11.6 Å². The molecule has 0 radical (unpaired) electrons. The lowest BCUT2D eigenvalue weighted by Gasteiger charge is -2.31. The van der Waals surface area contributed by atoms with Gasteiger partial charge in [-0.15, -0.1) is 0 Å². The Hall–Kier alpha value is -2.65. The van der Waals surface area contributed by atoms with Gasteiger partial charge in [-0.25, -0.2) is 8.42 Å². The maximum absolute atomic E-state index is 12.9. The molecule has 0 bridgehead atoms. The van der Waals surface area contributed by atoms with E-state index in [4.69, 9.17) is 11.6 Å². The summed E-state index contributed by atoms with van der Waals surface area (Å²) >= 11 is 6.10. The minimum absolute atomic E-state index is 0.0986. The van der Waals surface area contributed by atoms with Crippen LogP contribution in [0.25, 0.3) is 0 Å². The Labute approximate surface area is 174 Å². The summed E-state index contributed by atoms with van der Waals surface area (Å²) in [6.45, 7) is 3.43. The van der Waals surface area contributed by atoms with E-state index in [2.05, 4.69) is 5.32 Å². The molecule has 0 saturated heterocycles. The number of hydrogen-bond donors (Lipinski definition) is 1. The lowest BCUT2D eigenvalue weighted by Crippen LogP contribution is -2.49. The van der Waals surface area contributed by atoms with Crippen molar-refractivity contribution in [1.82, 2.24) is 5.32 Å². The second kappa shape index (κ2) is 9.23. The van der Waals surface area contributed by atoms with Crippen LogP contribution in [0.3, 0.4) is 0 Å². The molecule has 1 N–H and O–H groups in total. The first-order chi connectivity index (χ1) is 13.6. The smallest absolute Gasteiger partial charge is 0.271 e. The van der Waals surface area contributed by atoms with Crippen LogP contribution < -0.4 is 9.62 Å². The quantitative estimate of drug-likeness (QED) is 0.500. The van der Waals surface area contributed by atoms with Crippen LogP contribution in [0.5, 0.6) is 0 Å². The molecule has 0 aliphatic rings. The Bertz CT molecular complexity index is 1030. The Morgan fingerprint density at radius 1 is 1.28 bits per heavy atom. The summed E-state index contributed by atoms with van der Waals surface area (Å²) in [5.74, 6) is -0.524. The molecule has 8 nitrogen and oxygen atoms in total. The number of non-ortho nitro benzene ring substituents is 1. The van der Waals surface area contributed by atoms with Crippen molar-refractivity contribution in [2.75, 3.05) is 10.6 Å². The van der Waals surface area contributed by atoms with Crippen molar-refractivity contribution in [3.05, 3.63) is 68.7 Å². The number of anilines is 1. The maximum atomic E-state index is 12.9. The minimum atomic E-state index is -3.91. The summed E-state index contributed by atoms with van der Waals surface area (Å²) in [5.41, 5.74) is 1.03. The van der Waals surface area contributed by atoms with Gasteiger partial charge in [0.15, 0.2) is 0 Å². The number of nitrogens with zero attached hydrogens (tertiary/aromatic N) is 2. The summed E-state index contributed by atoms with van der Waals surface area (Å²) in [4.78, 5) is 23.4. The zero-order chi connectivity index (χ0) is 21.8. The van der Waals surface area contributed by atoms with Gasteiger partial charge in [0.05, 0.1) is 16.9 Å². The van der Waals surface area contributed by atoms with Crippen LogP contribution in [0.4, 0.5) is 11.4 Å². The van der Waals surface area contributed by atoms with Crippen molar-refractivity contribution in [1.29, 1.82) is 0 Å². The van der Waals surface area contributed by atoms with Gasteiger partial charge in [0.1, 0.15) is 6.04 Å². The van der Waals surface area contributed by atoms with Crippen LogP contribution in [0.2, 0.25) is 5.02 Å². The van der Waals surface area contributed by atoms with Gasteiger partial charge in [0, 0.05) is 23.7 Å². The number of nitro benzene ring substituents is 1. The molecule has 1 atom stereocenters. The van der Waals surface area contributed by atoms with E-state index in [1.165, 1.54) is 18.2 Å². The zero-order valence-electron chi connectivity index (χ0n) is 16.3. The number of halogens is 1. The van der Waals surface area contributed by atoms with Crippen molar-refractivity contribution in [3.63, 3.8) is 0 Å². The number of nitrogens with one attached hydrogen (secondary N) is 1. The summed E-state index contributed by atoms with van der Waals surface area (Å²) < 4.78 is 26.0. The van der Waals surface area contributed by atoms with Gasteiger partial charge in [-0.05, 0) is 30.5 Å². The first-order valence-corrected chi connectivity index (χ1v) is 11.0. The molecule has 0 heterocycles. The molecular weight excluding hydrogens is 418 g/mol. The number of aryl methyl sites for hydroxylation is 1. The summed E-state index contributed by atoms with van der Waals surface area (Å²) in [6, 6.07) is 9.82. The Kier molecular flexibility index (Phi) is 7.21. The Morgan fingerprint density at radius 2 is 1.93 bits per heavy atom. The largest absolute Gasteiger partial charge is 0.350 e. The predicted octanol–water partition coefficient (Wildman–Crippen LogP) is 3.42. The zero-order valence-corrected chi connectivity index (χ0v) is 17.8. The van der Waals surface area contributed by atoms with Gasteiger partial charge in [-0.1, -0.05) is 42.8 Å². The van der Waals surface area contributed by atoms with E-state index in [1.54, 1.807) is 38.1 Å².